The lowest BCUT2D eigenvalue weighted by Gasteiger charge is -2.26. The molecular formula is C18H22FNO. The van der Waals surface area contributed by atoms with Crippen LogP contribution in [0.5, 0.6) is 5.75 Å². The van der Waals surface area contributed by atoms with E-state index in [0.717, 1.165) is 11.8 Å². The highest BCUT2D eigenvalue weighted by atomic mass is 19.1. The molecule has 3 heteroatoms. The van der Waals surface area contributed by atoms with Crippen LogP contribution in [0.2, 0.25) is 0 Å². The van der Waals surface area contributed by atoms with Crippen molar-refractivity contribution >= 4 is 5.69 Å². The van der Waals surface area contributed by atoms with Crippen molar-refractivity contribution in [2.75, 3.05) is 5.32 Å². The fourth-order valence-corrected chi connectivity index (χ4v) is 2.44. The summed E-state index contributed by atoms with van der Waals surface area (Å²) in [5.41, 5.74) is 2.74. The smallest absolute Gasteiger partial charge is 0.132 e. The number of hydrogen-bond acceptors (Lipinski definition) is 2. The maximum absolute atomic E-state index is 13.9. The molecule has 2 aromatic carbocycles. The minimum atomic E-state index is -0.400. The summed E-state index contributed by atoms with van der Waals surface area (Å²) in [6.45, 7) is 8.37. The predicted octanol–water partition coefficient (Wildman–Crippen LogP) is 5.00. The van der Waals surface area contributed by atoms with E-state index >= 15 is 0 Å². The number of phenols is 1. The average molecular weight is 287 g/mol. The molecule has 0 amide bonds. The molecule has 1 atom stereocenters. The molecule has 0 heterocycles. The van der Waals surface area contributed by atoms with Crippen molar-refractivity contribution in [3.8, 4) is 5.75 Å². The van der Waals surface area contributed by atoms with Crippen LogP contribution in [0.15, 0.2) is 42.5 Å². The zero-order valence-electron chi connectivity index (χ0n) is 12.9. The molecule has 0 aliphatic carbocycles. The Morgan fingerprint density at radius 1 is 1.10 bits per heavy atom. The lowest BCUT2D eigenvalue weighted by atomic mass is 9.85. The van der Waals surface area contributed by atoms with E-state index in [0.29, 0.717) is 5.56 Å². The van der Waals surface area contributed by atoms with E-state index in [-0.39, 0.29) is 17.2 Å². The number of aromatic hydroxyl groups is 1. The molecule has 21 heavy (non-hydrogen) atoms. The van der Waals surface area contributed by atoms with E-state index in [1.807, 2.05) is 25.1 Å². The zero-order chi connectivity index (χ0) is 15.6. The summed E-state index contributed by atoms with van der Waals surface area (Å²) in [6.07, 6.45) is 0. The van der Waals surface area contributed by atoms with Gasteiger partial charge in [0, 0.05) is 17.3 Å². The Hall–Kier alpha value is -2.03. The molecule has 112 valence electrons. The SMILES string of the molecule is CC(Nc1ccccc1C(C)(C)C)c1ccc(O)cc1F. The molecule has 0 saturated carbocycles. The van der Waals surface area contributed by atoms with E-state index in [4.69, 9.17) is 0 Å². The highest BCUT2D eigenvalue weighted by molar-refractivity contribution is 5.55. The van der Waals surface area contributed by atoms with Gasteiger partial charge in [-0.2, -0.15) is 0 Å². The van der Waals surface area contributed by atoms with E-state index < -0.39 is 5.82 Å². The highest BCUT2D eigenvalue weighted by Crippen LogP contribution is 2.32. The Bertz CT molecular complexity index is 631. The Labute approximate surface area is 125 Å². The molecule has 2 nitrogen and oxygen atoms in total. The van der Waals surface area contributed by atoms with Crippen LogP contribution in [0.1, 0.15) is 44.9 Å². The third-order valence-electron chi connectivity index (χ3n) is 3.56. The van der Waals surface area contributed by atoms with Gasteiger partial charge in [0.1, 0.15) is 11.6 Å². The molecular weight excluding hydrogens is 265 g/mol. The Morgan fingerprint density at radius 2 is 1.76 bits per heavy atom. The maximum Gasteiger partial charge on any atom is 0.132 e. The summed E-state index contributed by atoms with van der Waals surface area (Å²) in [7, 11) is 0. The molecule has 1 unspecified atom stereocenters. The molecule has 2 N–H and O–H groups in total. The maximum atomic E-state index is 13.9. The van der Waals surface area contributed by atoms with Crippen molar-refractivity contribution in [1.29, 1.82) is 0 Å². The molecule has 2 rings (SSSR count). The number of rotatable bonds is 3. The normalized spacial score (nSPS) is 13.0. The minimum Gasteiger partial charge on any atom is -0.508 e. The molecule has 2 aromatic rings. The number of hydrogen-bond donors (Lipinski definition) is 2. The van der Waals surface area contributed by atoms with Crippen LogP contribution in [-0.2, 0) is 5.41 Å². The molecule has 0 aromatic heterocycles. The Balaban J connectivity index is 2.30. The molecule has 0 bridgehead atoms. The van der Waals surface area contributed by atoms with Gasteiger partial charge < -0.3 is 10.4 Å². The second kappa shape index (κ2) is 5.76. The van der Waals surface area contributed by atoms with Crippen LogP contribution in [0.4, 0.5) is 10.1 Å². The van der Waals surface area contributed by atoms with Gasteiger partial charge in [0.2, 0.25) is 0 Å². The lowest BCUT2D eigenvalue weighted by Crippen LogP contribution is -2.16. The first-order valence-corrected chi connectivity index (χ1v) is 7.13. The van der Waals surface area contributed by atoms with Crippen molar-refractivity contribution in [1.82, 2.24) is 0 Å². The van der Waals surface area contributed by atoms with Crippen LogP contribution in [0, 0.1) is 5.82 Å². The van der Waals surface area contributed by atoms with Gasteiger partial charge in [-0.15, -0.1) is 0 Å². The minimum absolute atomic E-state index is 0.0107. The first-order valence-electron chi connectivity index (χ1n) is 7.13. The van der Waals surface area contributed by atoms with Gasteiger partial charge >= 0.3 is 0 Å². The van der Waals surface area contributed by atoms with Crippen molar-refractivity contribution < 1.29 is 9.50 Å². The van der Waals surface area contributed by atoms with Gasteiger partial charge in [0.25, 0.3) is 0 Å². The first kappa shape index (κ1) is 15.4. The lowest BCUT2D eigenvalue weighted by molar-refractivity contribution is 0.467. The first-order chi connectivity index (χ1) is 9.79. The van der Waals surface area contributed by atoms with Crippen molar-refractivity contribution in [3.05, 3.63) is 59.4 Å². The van der Waals surface area contributed by atoms with Crippen molar-refractivity contribution in [3.63, 3.8) is 0 Å². The number of phenolic OH excluding ortho intramolecular Hbond substituents is 1. The fourth-order valence-electron chi connectivity index (χ4n) is 2.44. The quantitative estimate of drug-likeness (QED) is 0.832. The topological polar surface area (TPSA) is 32.3 Å². The third-order valence-corrected chi connectivity index (χ3v) is 3.56. The van der Waals surface area contributed by atoms with Crippen LogP contribution in [0.3, 0.4) is 0 Å². The highest BCUT2D eigenvalue weighted by Gasteiger charge is 2.19. The molecule has 0 aliphatic heterocycles. The number of anilines is 1. The molecule has 0 spiro atoms. The Kier molecular flexibility index (Phi) is 4.21. The average Bonchev–Trinajstić information content (AvgIpc) is 2.37. The van der Waals surface area contributed by atoms with Gasteiger partial charge in [-0.1, -0.05) is 45.0 Å². The summed E-state index contributed by atoms with van der Waals surface area (Å²) < 4.78 is 13.9. The van der Waals surface area contributed by atoms with E-state index in [2.05, 4.69) is 32.2 Å². The number of para-hydroxylation sites is 1. The molecule has 0 aliphatic rings. The van der Waals surface area contributed by atoms with E-state index in [1.165, 1.54) is 11.6 Å². The van der Waals surface area contributed by atoms with Gasteiger partial charge in [0.05, 0.1) is 6.04 Å². The zero-order valence-corrected chi connectivity index (χ0v) is 12.9. The summed E-state index contributed by atoms with van der Waals surface area (Å²) in [6, 6.07) is 12.2. The summed E-state index contributed by atoms with van der Waals surface area (Å²) in [4.78, 5) is 0. The fraction of sp³-hybridized carbons (Fsp3) is 0.333. The summed E-state index contributed by atoms with van der Waals surface area (Å²) in [5, 5.41) is 12.7. The van der Waals surface area contributed by atoms with Crippen LogP contribution >= 0.6 is 0 Å². The summed E-state index contributed by atoms with van der Waals surface area (Å²) >= 11 is 0. The second-order valence-electron chi connectivity index (χ2n) is 6.37. The van der Waals surface area contributed by atoms with Crippen molar-refractivity contribution in [2.24, 2.45) is 0 Å². The van der Waals surface area contributed by atoms with E-state index in [1.54, 1.807) is 6.07 Å². The number of halogens is 1. The van der Waals surface area contributed by atoms with Crippen LogP contribution < -0.4 is 5.32 Å². The number of benzene rings is 2. The van der Waals surface area contributed by atoms with Gasteiger partial charge in [-0.25, -0.2) is 4.39 Å². The van der Waals surface area contributed by atoms with Crippen LogP contribution in [-0.4, -0.2) is 5.11 Å². The van der Waals surface area contributed by atoms with Crippen LogP contribution in [0.25, 0.3) is 0 Å². The monoisotopic (exact) mass is 287 g/mol. The standard InChI is InChI=1S/C18H22FNO/c1-12(14-10-9-13(21)11-16(14)19)20-17-8-6-5-7-15(17)18(2,3)4/h5-12,20-21H,1-4H3. The second-order valence-corrected chi connectivity index (χ2v) is 6.37. The number of nitrogens with one attached hydrogen (secondary N) is 1. The van der Waals surface area contributed by atoms with Gasteiger partial charge in [-0.05, 0) is 30.0 Å². The largest absolute Gasteiger partial charge is 0.508 e. The summed E-state index contributed by atoms with van der Waals surface area (Å²) in [5.74, 6) is -0.457. The predicted molar refractivity (Wildman–Crippen MR) is 85.2 cm³/mol. The van der Waals surface area contributed by atoms with E-state index in [9.17, 15) is 9.50 Å². The van der Waals surface area contributed by atoms with Crippen molar-refractivity contribution in [2.45, 2.75) is 39.2 Å². The van der Waals surface area contributed by atoms with Gasteiger partial charge in [0.15, 0.2) is 0 Å². The molecule has 0 fully saturated rings. The molecule has 0 saturated heterocycles. The van der Waals surface area contributed by atoms with Gasteiger partial charge in [-0.3, -0.25) is 0 Å². The molecule has 0 radical (unpaired) electrons. The Morgan fingerprint density at radius 3 is 2.38 bits per heavy atom. The third kappa shape index (κ3) is 3.54.